The summed E-state index contributed by atoms with van der Waals surface area (Å²) in [6, 6.07) is 0. The zero-order valence-electron chi connectivity index (χ0n) is 32.6. The van der Waals surface area contributed by atoms with Crippen molar-refractivity contribution in [3.63, 3.8) is 0 Å². The first-order valence-corrected chi connectivity index (χ1v) is 33.8. The molecule has 3 saturated heterocycles. The van der Waals surface area contributed by atoms with Crippen LogP contribution in [0.5, 0.6) is 0 Å². The topological polar surface area (TPSA) is 0 Å². The molecule has 0 bridgehead atoms. The Morgan fingerprint density at radius 2 is 0.400 bits per heavy atom. The van der Waals surface area contributed by atoms with Crippen molar-refractivity contribution in [3.8, 4) is 0 Å². The summed E-state index contributed by atoms with van der Waals surface area (Å²) >= 11 is 33.2. The first kappa shape index (κ1) is 49.2. The Hall–Kier alpha value is 1.32. The second-order valence-electron chi connectivity index (χ2n) is 10.7. The molecule has 6 heterocycles. The Balaban J connectivity index is 1.37. The molecule has 6 aliphatic heterocycles. The van der Waals surface area contributed by atoms with E-state index in [-0.39, 0.29) is 0 Å². The van der Waals surface area contributed by atoms with Gasteiger partial charge >= 0.3 is 0 Å². The van der Waals surface area contributed by atoms with Crippen molar-refractivity contribution in [1.29, 1.82) is 0 Å². The molecule has 0 unspecified atom stereocenters. The molecule has 0 aromatic heterocycles. The van der Waals surface area contributed by atoms with Crippen molar-refractivity contribution in [2.45, 2.75) is 41.5 Å². The summed E-state index contributed by atoms with van der Waals surface area (Å²) in [6.07, 6.45) is 0. The molecule has 0 saturated carbocycles. The molecule has 306 valence electrons. The van der Waals surface area contributed by atoms with Crippen LogP contribution in [0.2, 0.25) is 0 Å². The lowest BCUT2D eigenvalue weighted by Gasteiger charge is -1.99. The van der Waals surface area contributed by atoms with Gasteiger partial charge in [-0.05, 0) is 103 Å². The molecular formula is C42H30S18. The third-order valence-corrected chi connectivity index (χ3v) is 31.5. The molecule has 0 amide bonds. The van der Waals surface area contributed by atoms with Gasteiger partial charge in [0.2, 0.25) is 0 Å². The maximum absolute atomic E-state index is 3.40. The molecule has 60 heavy (non-hydrogen) atoms. The van der Waals surface area contributed by atoms with E-state index in [1.54, 1.807) is 70.6 Å². The highest BCUT2D eigenvalue weighted by Crippen LogP contribution is 2.67. The molecule has 0 nitrogen and oxygen atoms in total. The predicted molar refractivity (Wildman–Crippen MR) is 305 cm³/mol. The monoisotopic (exact) mass is 1110 g/mol. The smallest absolute Gasteiger partial charge is 0.0862 e. The molecule has 0 spiro atoms. The first-order chi connectivity index (χ1) is 29.4. The molecule has 0 N–H and O–H groups in total. The van der Waals surface area contributed by atoms with Crippen LogP contribution in [-0.2, 0) is 0 Å². The molecular weight excluding hydrogens is 1080 g/mol. The summed E-state index contributed by atoms with van der Waals surface area (Å²) in [6.45, 7) is 13.3. The van der Waals surface area contributed by atoms with Crippen LogP contribution >= 0.6 is 212 Å². The summed E-state index contributed by atoms with van der Waals surface area (Å²) in [7, 11) is 0. The molecule has 0 aromatic rings. The number of rotatable bonds is 12. The lowest BCUT2D eigenvalue weighted by Crippen LogP contribution is -1.72. The van der Waals surface area contributed by atoms with Crippen LogP contribution in [0.1, 0.15) is 41.5 Å². The molecule has 3 fully saturated rings. The van der Waals surface area contributed by atoms with Crippen molar-refractivity contribution in [3.05, 3.63) is 149 Å². The molecule has 7 aliphatic rings. The van der Waals surface area contributed by atoms with Gasteiger partial charge in [0.1, 0.15) is 0 Å². The summed E-state index contributed by atoms with van der Waals surface area (Å²) in [4.78, 5) is 5.58. The SMILES string of the molecule is CCSC1=C(SCC)SC(=C2SC3=C=C=C=C=C4SC(=C5SC(SCC)=C(SCC)S5)SC4=C=C=C=C=C4SC(=C5SC(SCC)=C(SCC)S5)SC4=C=C=C=C=C3S2)S1. The van der Waals surface area contributed by atoms with Crippen LogP contribution in [0.4, 0.5) is 0 Å². The van der Waals surface area contributed by atoms with E-state index in [2.05, 4.69) is 110 Å². The Morgan fingerprint density at radius 1 is 0.250 bits per heavy atom. The van der Waals surface area contributed by atoms with E-state index in [1.165, 1.54) is 50.8 Å². The fraction of sp³-hybridized carbons (Fsp3) is 0.286. The molecule has 18 heteroatoms. The Kier molecular flexibility index (Phi) is 20.9. The van der Waals surface area contributed by atoms with E-state index in [4.69, 9.17) is 0 Å². The molecule has 0 radical (unpaired) electrons. The van der Waals surface area contributed by atoms with Crippen molar-refractivity contribution < 1.29 is 0 Å². The summed E-state index contributed by atoms with van der Waals surface area (Å²) in [5.41, 5.74) is 39.6. The van der Waals surface area contributed by atoms with Gasteiger partial charge in [-0.25, -0.2) is 0 Å². The van der Waals surface area contributed by atoms with Gasteiger partial charge in [0.15, 0.2) is 0 Å². The van der Waals surface area contributed by atoms with Crippen molar-refractivity contribution >= 4 is 212 Å². The highest BCUT2D eigenvalue weighted by molar-refractivity contribution is 8.44. The highest BCUT2D eigenvalue weighted by Gasteiger charge is 2.33. The van der Waals surface area contributed by atoms with Gasteiger partial charge in [-0.15, -0.1) is 70.6 Å². The Bertz CT molecular complexity index is 2180. The van der Waals surface area contributed by atoms with Crippen LogP contribution < -0.4 is 0 Å². The van der Waals surface area contributed by atoms with Gasteiger partial charge < -0.3 is 0 Å². The van der Waals surface area contributed by atoms with Crippen molar-refractivity contribution in [2.24, 2.45) is 0 Å². The van der Waals surface area contributed by atoms with E-state index >= 15 is 0 Å². The predicted octanol–water partition coefficient (Wildman–Crippen LogP) is 19.7. The summed E-state index contributed by atoms with van der Waals surface area (Å²) in [5, 5.41) is 0. The highest BCUT2D eigenvalue weighted by atomic mass is 32.3. The van der Waals surface area contributed by atoms with Crippen LogP contribution in [0, 0.1) is 0 Å². The maximum Gasteiger partial charge on any atom is 0.0862 e. The Labute approximate surface area is 430 Å². The molecule has 7 rings (SSSR count). The summed E-state index contributed by atoms with van der Waals surface area (Å²) in [5.74, 6) is 6.33. The number of thioether (sulfide) groups is 18. The largest absolute Gasteiger partial charge is 0.118 e. The van der Waals surface area contributed by atoms with Crippen LogP contribution in [-0.4, -0.2) is 34.5 Å². The first-order valence-electron chi connectivity index (χ1n) is 18.1. The lowest BCUT2D eigenvalue weighted by molar-refractivity contribution is 1.53. The van der Waals surface area contributed by atoms with Gasteiger partial charge in [-0.3, -0.25) is 0 Å². The number of hydrogen-bond donors (Lipinski definition) is 0. The minimum Gasteiger partial charge on any atom is -0.118 e. The van der Waals surface area contributed by atoms with Gasteiger partial charge in [0.25, 0.3) is 0 Å². The minimum atomic E-state index is 0.930. The summed E-state index contributed by atoms with van der Waals surface area (Å²) < 4.78 is 16.0. The average molecular weight is 1110 g/mol. The van der Waals surface area contributed by atoms with E-state index in [1.807, 2.05) is 141 Å². The average Bonchev–Trinajstić information content (AvgIpc) is 4.10. The van der Waals surface area contributed by atoms with E-state index in [9.17, 15) is 0 Å². The lowest BCUT2D eigenvalue weighted by atomic mass is 10.5. The van der Waals surface area contributed by atoms with Gasteiger partial charge in [-0.2, -0.15) is 0 Å². The number of hydrogen-bond acceptors (Lipinski definition) is 18. The minimum absolute atomic E-state index is 0.930. The second kappa shape index (κ2) is 25.5. The molecule has 0 atom stereocenters. The van der Waals surface area contributed by atoms with Gasteiger partial charge in [0.05, 0.1) is 80.3 Å². The van der Waals surface area contributed by atoms with E-state index in [0.29, 0.717) is 0 Å². The maximum atomic E-state index is 3.40. The van der Waals surface area contributed by atoms with Crippen molar-refractivity contribution in [2.75, 3.05) is 34.5 Å². The van der Waals surface area contributed by atoms with E-state index < -0.39 is 0 Å². The zero-order valence-corrected chi connectivity index (χ0v) is 47.3. The third kappa shape index (κ3) is 13.1. The van der Waals surface area contributed by atoms with Crippen LogP contribution in [0.15, 0.2) is 149 Å². The molecule has 0 aromatic carbocycles. The van der Waals surface area contributed by atoms with Gasteiger partial charge in [-0.1, -0.05) is 183 Å². The standard InChI is InChI=1S/C42H30S18/c1-7-43-31-32(44-8-2)56-40(55-31)37-49-25-19-13-15-21-27-29(53-38(51-27)41-57-33(45-9-3)34(58-41)46-10-4)23-17-18-24-30-28(22-16-14-20-26(25)50-37)52-39(54-30)42-59-35(47-11-5)36(60-42)48-12-6/h7-12H2,1-6H3. The quantitative estimate of drug-likeness (QED) is 0.170. The Morgan fingerprint density at radius 3 is 0.550 bits per heavy atom. The number of fused-ring (bicyclic) bond motifs is 3. The third-order valence-electron chi connectivity index (χ3n) is 6.80. The zero-order chi connectivity index (χ0) is 41.8. The molecule has 1 aliphatic carbocycles. The fourth-order valence-corrected chi connectivity index (χ4v) is 29.3. The van der Waals surface area contributed by atoms with Crippen LogP contribution in [0.3, 0.4) is 0 Å². The van der Waals surface area contributed by atoms with E-state index in [0.717, 1.165) is 63.9 Å². The van der Waals surface area contributed by atoms with Crippen molar-refractivity contribution in [1.82, 2.24) is 0 Å². The van der Waals surface area contributed by atoms with Gasteiger partial charge in [0, 0.05) is 0 Å². The van der Waals surface area contributed by atoms with Crippen LogP contribution in [0.25, 0.3) is 0 Å². The fourth-order valence-electron chi connectivity index (χ4n) is 4.55. The second-order valence-corrected chi connectivity index (χ2v) is 33.7. The normalized spacial score (nSPS) is 19.9.